The van der Waals surface area contributed by atoms with Gasteiger partial charge in [0.2, 0.25) is 0 Å². The second kappa shape index (κ2) is 5.93. The number of halogens is 1. The van der Waals surface area contributed by atoms with Crippen LogP contribution in [0.4, 0.5) is 0 Å². The van der Waals surface area contributed by atoms with Crippen LogP contribution in [0, 0.1) is 0 Å². The van der Waals surface area contributed by atoms with Crippen molar-refractivity contribution in [2.24, 2.45) is 0 Å². The van der Waals surface area contributed by atoms with Gasteiger partial charge in [-0.25, -0.2) is 4.98 Å². The molecule has 1 amide bonds. The number of hydrogen-bond donors (Lipinski definition) is 0. The summed E-state index contributed by atoms with van der Waals surface area (Å²) in [5.74, 6) is -0.0778. The lowest BCUT2D eigenvalue weighted by Crippen LogP contribution is -2.34. The molecule has 0 radical (unpaired) electrons. The van der Waals surface area contributed by atoms with E-state index in [0.717, 1.165) is 29.4 Å². The molecule has 108 valence electrons. The van der Waals surface area contributed by atoms with Crippen molar-refractivity contribution in [1.29, 1.82) is 0 Å². The number of hydrogen-bond acceptors (Lipinski definition) is 3. The van der Waals surface area contributed by atoms with E-state index in [2.05, 4.69) is 32.0 Å². The van der Waals surface area contributed by atoms with Gasteiger partial charge in [0.05, 0.1) is 11.7 Å². The molecule has 0 aromatic carbocycles. The number of amides is 1. The Labute approximate surface area is 132 Å². The normalized spacial score (nSPS) is 17.1. The summed E-state index contributed by atoms with van der Waals surface area (Å²) in [4.78, 5) is 23.1. The zero-order valence-corrected chi connectivity index (χ0v) is 13.4. The summed E-state index contributed by atoms with van der Waals surface area (Å²) in [5, 5.41) is 0. The number of pyridine rings is 2. The highest BCUT2D eigenvalue weighted by atomic mass is 79.9. The van der Waals surface area contributed by atoms with Crippen LogP contribution < -0.4 is 0 Å². The minimum absolute atomic E-state index is 0.0244. The molecule has 1 unspecified atom stereocenters. The van der Waals surface area contributed by atoms with Crippen molar-refractivity contribution >= 4 is 21.8 Å². The molecule has 1 aliphatic carbocycles. The second-order valence-electron chi connectivity index (χ2n) is 5.21. The van der Waals surface area contributed by atoms with Gasteiger partial charge in [-0.2, -0.15) is 0 Å². The van der Waals surface area contributed by atoms with Gasteiger partial charge in [0.1, 0.15) is 5.69 Å². The maximum Gasteiger partial charge on any atom is 0.273 e. The molecule has 0 saturated carbocycles. The Kier molecular flexibility index (Phi) is 4.01. The van der Waals surface area contributed by atoms with Crippen molar-refractivity contribution in [3.05, 3.63) is 58.1 Å². The van der Waals surface area contributed by atoms with E-state index in [9.17, 15) is 4.79 Å². The molecule has 21 heavy (non-hydrogen) atoms. The van der Waals surface area contributed by atoms with Crippen molar-refractivity contribution < 1.29 is 4.79 Å². The van der Waals surface area contributed by atoms with Gasteiger partial charge in [-0.3, -0.25) is 9.78 Å². The van der Waals surface area contributed by atoms with Gasteiger partial charge in [-0.1, -0.05) is 6.07 Å². The fourth-order valence-electron chi connectivity index (χ4n) is 2.81. The maximum absolute atomic E-state index is 12.7. The molecule has 0 saturated heterocycles. The van der Waals surface area contributed by atoms with Crippen LogP contribution in [0.15, 0.2) is 41.1 Å². The van der Waals surface area contributed by atoms with Crippen molar-refractivity contribution in [2.75, 3.05) is 7.05 Å². The van der Waals surface area contributed by atoms with Crippen molar-refractivity contribution in [2.45, 2.75) is 25.3 Å². The Morgan fingerprint density at radius 2 is 2.05 bits per heavy atom. The number of fused-ring (bicyclic) bond motifs is 1. The number of aryl methyl sites for hydroxylation is 1. The van der Waals surface area contributed by atoms with E-state index in [1.54, 1.807) is 23.4 Å². The Hall–Kier alpha value is -1.75. The molecular formula is C16H16BrN3O. The first-order chi connectivity index (χ1) is 10.2. The van der Waals surface area contributed by atoms with Gasteiger partial charge in [0.15, 0.2) is 0 Å². The molecule has 0 bridgehead atoms. The molecule has 2 heterocycles. The molecule has 1 atom stereocenters. The van der Waals surface area contributed by atoms with Gasteiger partial charge < -0.3 is 4.90 Å². The average molecular weight is 346 g/mol. The topological polar surface area (TPSA) is 46.1 Å². The molecule has 4 nitrogen and oxygen atoms in total. The quantitative estimate of drug-likeness (QED) is 0.837. The van der Waals surface area contributed by atoms with E-state index < -0.39 is 0 Å². The van der Waals surface area contributed by atoms with Crippen LogP contribution in [0.3, 0.4) is 0 Å². The number of carbonyl (C=O) groups is 1. The lowest BCUT2D eigenvalue weighted by molar-refractivity contribution is 0.0704. The van der Waals surface area contributed by atoms with Gasteiger partial charge >= 0.3 is 0 Å². The average Bonchev–Trinajstić information content (AvgIpc) is 2.53. The van der Waals surface area contributed by atoms with Crippen LogP contribution in [-0.2, 0) is 6.42 Å². The van der Waals surface area contributed by atoms with Crippen LogP contribution in [0.25, 0.3) is 0 Å². The number of carbonyl (C=O) groups excluding carboxylic acids is 1. The monoisotopic (exact) mass is 345 g/mol. The highest BCUT2D eigenvalue weighted by Crippen LogP contribution is 2.33. The smallest absolute Gasteiger partial charge is 0.273 e. The minimum Gasteiger partial charge on any atom is -0.332 e. The predicted octanol–water partition coefficient (Wildman–Crippen LogP) is 3.39. The van der Waals surface area contributed by atoms with Gasteiger partial charge in [0.25, 0.3) is 5.91 Å². The van der Waals surface area contributed by atoms with Crippen LogP contribution in [0.5, 0.6) is 0 Å². The Morgan fingerprint density at radius 3 is 2.86 bits per heavy atom. The first kappa shape index (κ1) is 14.2. The van der Waals surface area contributed by atoms with Crippen LogP contribution in [0.2, 0.25) is 0 Å². The van der Waals surface area contributed by atoms with Crippen LogP contribution in [0.1, 0.15) is 40.6 Å². The molecule has 1 aliphatic rings. The molecule has 3 rings (SSSR count). The zero-order chi connectivity index (χ0) is 14.8. The molecule has 5 heteroatoms. The van der Waals surface area contributed by atoms with E-state index >= 15 is 0 Å². The number of nitrogens with zero attached hydrogens (tertiary/aromatic N) is 3. The summed E-state index contributed by atoms with van der Waals surface area (Å²) in [6, 6.07) is 7.72. The molecular weight excluding hydrogens is 330 g/mol. The first-order valence-corrected chi connectivity index (χ1v) is 7.79. The van der Waals surface area contributed by atoms with E-state index in [0.29, 0.717) is 5.69 Å². The SMILES string of the molecule is CN(C(=O)c1ncccc1Br)C1CCCc2cccnc21. The third kappa shape index (κ3) is 2.70. The van der Waals surface area contributed by atoms with Crippen molar-refractivity contribution in [3.63, 3.8) is 0 Å². The van der Waals surface area contributed by atoms with Crippen LogP contribution >= 0.6 is 15.9 Å². The fourth-order valence-corrected chi connectivity index (χ4v) is 3.24. The Balaban J connectivity index is 1.91. The summed E-state index contributed by atoms with van der Waals surface area (Å²) in [6.07, 6.45) is 6.49. The third-order valence-electron chi connectivity index (χ3n) is 3.91. The summed E-state index contributed by atoms with van der Waals surface area (Å²) in [5.41, 5.74) is 2.71. The van der Waals surface area contributed by atoms with E-state index in [-0.39, 0.29) is 11.9 Å². The largest absolute Gasteiger partial charge is 0.332 e. The minimum atomic E-state index is -0.0778. The number of rotatable bonds is 2. The molecule has 2 aromatic heterocycles. The predicted molar refractivity (Wildman–Crippen MR) is 83.9 cm³/mol. The van der Waals surface area contributed by atoms with Crippen molar-refractivity contribution in [3.8, 4) is 0 Å². The molecule has 2 aromatic rings. The lowest BCUT2D eigenvalue weighted by Gasteiger charge is -2.32. The summed E-state index contributed by atoms with van der Waals surface area (Å²) < 4.78 is 0.721. The number of aromatic nitrogens is 2. The summed E-state index contributed by atoms with van der Waals surface area (Å²) in [7, 11) is 1.83. The fraction of sp³-hybridized carbons (Fsp3) is 0.312. The van der Waals surface area contributed by atoms with Crippen LogP contribution in [-0.4, -0.2) is 27.8 Å². The third-order valence-corrected chi connectivity index (χ3v) is 4.55. The highest BCUT2D eigenvalue weighted by Gasteiger charge is 2.29. The highest BCUT2D eigenvalue weighted by molar-refractivity contribution is 9.10. The first-order valence-electron chi connectivity index (χ1n) is 7.00. The summed E-state index contributed by atoms with van der Waals surface area (Å²) in [6.45, 7) is 0. The van der Waals surface area contributed by atoms with E-state index in [1.165, 1.54) is 5.56 Å². The van der Waals surface area contributed by atoms with Gasteiger partial charge in [0, 0.05) is 23.9 Å². The van der Waals surface area contributed by atoms with Gasteiger partial charge in [-0.05, 0) is 59.0 Å². The Bertz CT molecular complexity index is 674. The Morgan fingerprint density at radius 1 is 1.29 bits per heavy atom. The lowest BCUT2D eigenvalue weighted by atomic mass is 9.91. The second-order valence-corrected chi connectivity index (χ2v) is 6.06. The zero-order valence-electron chi connectivity index (χ0n) is 11.8. The molecule has 0 fully saturated rings. The van der Waals surface area contributed by atoms with Gasteiger partial charge in [-0.15, -0.1) is 0 Å². The van der Waals surface area contributed by atoms with E-state index in [1.807, 2.05) is 19.2 Å². The standard InChI is InChI=1S/C16H16BrN3O/c1-20(16(21)15-12(17)7-4-10-19-15)13-8-2-5-11-6-3-9-18-14(11)13/h3-4,6-7,9-10,13H,2,5,8H2,1H3. The summed E-state index contributed by atoms with van der Waals surface area (Å²) >= 11 is 3.40. The van der Waals surface area contributed by atoms with Crippen molar-refractivity contribution in [1.82, 2.24) is 14.9 Å². The molecule has 0 spiro atoms. The maximum atomic E-state index is 12.7. The van der Waals surface area contributed by atoms with E-state index in [4.69, 9.17) is 0 Å². The molecule has 0 aliphatic heterocycles. The molecule has 0 N–H and O–H groups in total.